The summed E-state index contributed by atoms with van der Waals surface area (Å²) in [6.07, 6.45) is -3.04. The van der Waals surface area contributed by atoms with E-state index in [0.29, 0.717) is 0 Å². The number of alkyl halides is 3. The van der Waals surface area contributed by atoms with Gasteiger partial charge in [-0.1, -0.05) is 6.07 Å². The number of hydrogen-bond donors (Lipinski definition) is 1. The first-order valence-electron chi connectivity index (χ1n) is 5.39. The first-order valence-corrected chi connectivity index (χ1v) is 5.39. The van der Waals surface area contributed by atoms with Gasteiger partial charge in [0.2, 0.25) is 5.88 Å². The van der Waals surface area contributed by atoms with Crippen LogP contribution in [0.1, 0.15) is 5.56 Å². The second-order valence-corrected chi connectivity index (χ2v) is 3.86. The maximum atomic E-state index is 13.0. The van der Waals surface area contributed by atoms with E-state index in [1.54, 1.807) is 6.07 Å². The second kappa shape index (κ2) is 4.79. The molecular weight excluding hydrogens is 257 g/mol. The average molecular weight is 268 g/mol. The third kappa shape index (κ3) is 2.62. The first kappa shape index (κ1) is 13.2. The van der Waals surface area contributed by atoms with Crippen LogP contribution in [0.15, 0.2) is 36.5 Å². The van der Waals surface area contributed by atoms with Gasteiger partial charge >= 0.3 is 6.18 Å². The lowest BCUT2D eigenvalue weighted by atomic mass is 9.99. The van der Waals surface area contributed by atoms with E-state index in [0.717, 1.165) is 6.07 Å². The number of nitrogens with zero attached hydrogens (tertiary/aromatic N) is 1. The van der Waals surface area contributed by atoms with Gasteiger partial charge in [0.15, 0.2) is 0 Å². The van der Waals surface area contributed by atoms with Crippen LogP contribution in [-0.2, 0) is 6.18 Å². The van der Waals surface area contributed by atoms with Gasteiger partial charge in [0, 0.05) is 17.4 Å². The molecule has 2 rings (SSSR count). The summed E-state index contributed by atoms with van der Waals surface area (Å²) in [5.41, 5.74) is 4.94. The van der Waals surface area contributed by atoms with Crippen molar-refractivity contribution in [1.29, 1.82) is 0 Å². The summed E-state index contributed by atoms with van der Waals surface area (Å²) in [6.45, 7) is 0. The molecule has 2 aromatic rings. The third-order valence-corrected chi connectivity index (χ3v) is 2.60. The first-order chi connectivity index (χ1) is 8.93. The van der Waals surface area contributed by atoms with E-state index in [2.05, 4.69) is 4.98 Å². The molecule has 0 radical (unpaired) electrons. The van der Waals surface area contributed by atoms with E-state index in [1.165, 1.54) is 31.5 Å². The van der Waals surface area contributed by atoms with E-state index in [1.807, 2.05) is 0 Å². The Labute approximate surface area is 107 Å². The lowest BCUT2D eigenvalue weighted by molar-refractivity contribution is -0.137. The molecule has 0 saturated carbocycles. The SMILES string of the molecule is COc1ncccc1-c1ccc(N)cc1C(F)(F)F. The van der Waals surface area contributed by atoms with Crippen molar-refractivity contribution in [2.24, 2.45) is 0 Å². The van der Waals surface area contributed by atoms with Crippen LogP contribution in [-0.4, -0.2) is 12.1 Å². The molecule has 0 atom stereocenters. The van der Waals surface area contributed by atoms with Crippen molar-refractivity contribution in [3.8, 4) is 17.0 Å². The highest BCUT2D eigenvalue weighted by Gasteiger charge is 2.34. The van der Waals surface area contributed by atoms with Gasteiger partial charge < -0.3 is 10.5 Å². The van der Waals surface area contributed by atoms with E-state index in [-0.39, 0.29) is 22.7 Å². The van der Waals surface area contributed by atoms with Gasteiger partial charge in [0.1, 0.15) is 0 Å². The quantitative estimate of drug-likeness (QED) is 0.849. The molecule has 3 nitrogen and oxygen atoms in total. The smallest absolute Gasteiger partial charge is 0.417 e. The van der Waals surface area contributed by atoms with Crippen molar-refractivity contribution in [2.45, 2.75) is 6.18 Å². The third-order valence-electron chi connectivity index (χ3n) is 2.60. The molecule has 0 fully saturated rings. The average Bonchev–Trinajstić information content (AvgIpc) is 2.37. The Bertz CT molecular complexity index is 597. The fourth-order valence-electron chi connectivity index (χ4n) is 1.79. The number of benzene rings is 1. The molecule has 0 amide bonds. The van der Waals surface area contributed by atoms with Crippen LogP contribution in [0, 0.1) is 0 Å². The number of anilines is 1. The lowest BCUT2D eigenvalue weighted by Gasteiger charge is -2.15. The van der Waals surface area contributed by atoms with E-state index >= 15 is 0 Å². The van der Waals surface area contributed by atoms with E-state index < -0.39 is 11.7 Å². The number of rotatable bonds is 2. The maximum absolute atomic E-state index is 13.0. The molecule has 0 spiro atoms. The van der Waals surface area contributed by atoms with Crippen molar-refractivity contribution in [3.05, 3.63) is 42.1 Å². The van der Waals surface area contributed by atoms with Crippen LogP contribution in [0.2, 0.25) is 0 Å². The molecule has 19 heavy (non-hydrogen) atoms. The number of hydrogen-bond acceptors (Lipinski definition) is 3. The van der Waals surface area contributed by atoms with Gasteiger partial charge in [0.25, 0.3) is 0 Å². The number of halogens is 3. The molecule has 1 aromatic heterocycles. The maximum Gasteiger partial charge on any atom is 0.417 e. The van der Waals surface area contributed by atoms with Crippen molar-refractivity contribution in [2.75, 3.05) is 12.8 Å². The highest BCUT2D eigenvalue weighted by atomic mass is 19.4. The zero-order chi connectivity index (χ0) is 14.0. The molecule has 1 heterocycles. The number of methoxy groups -OCH3 is 1. The topological polar surface area (TPSA) is 48.1 Å². The van der Waals surface area contributed by atoms with Crippen LogP contribution in [0.4, 0.5) is 18.9 Å². The largest absolute Gasteiger partial charge is 0.481 e. The van der Waals surface area contributed by atoms with Crippen LogP contribution in [0.3, 0.4) is 0 Å². The molecule has 1 aromatic carbocycles. The monoisotopic (exact) mass is 268 g/mol. The Balaban J connectivity index is 2.69. The predicted octanol–water partition coefficient (Wildman–Crippen LogP) is 3.36. The Morgan fingerprint density at radius 2 is 1.89 bits per heavy atom. The van der Waals surface area contributed by atoms with Crippen LogP contribution in [0.25, 0.3) is 11.1 Å². The molecule has 0 aliphatic rings. The van der Waals surface area contributed by atoms with Gasteiger partial charge in [-0.3, -0.25) is 0 Å². The Morgan fingerprint density at radius 1 is 1.16 bits per heavy atom. The summed E-state index contributed by atoms with van der Waals surface area (Å²) in [6, 6.07) is 6.71. The number of pyridine rings is 1. The molecule has 0 aliphatic heterocycles. The highest BCUT2D eigenvalue weighted by molar-refractivity contribution is 5.74. The number of nitrogens with two attached hydrogens (primary N) is 1. The summed E-state index contributed by atoms with van der Waals surface area (Å²) < 4.78 is 44.1. The Kier molecular flexibility index (Phi) is 3.33. The van der Waals surface area contributed by atoms with Crippen molar-refractivity contribution >= 4 is 5.69 Å². The zero-order valence-electron chi connectivity index (χ0n) is 10.0. The molecule has 0 unspecified atom stereocenters. The van der Waals surface area contributed by atoms with Crippen molar-refractivity contribution < 1.29 is 17.9 Å². The predicted molar refractivity (Wildman–Crippen MR) is 65.6 cm³/mol. The summed E-state index contributed by atoms with van der Waals surface area (Å²) >= 11 is 0. The summed E-state index contributed by atoms with van der Waals surface area (Å²) in [5.74, 6) is 0.137. The Hall–Kier alpha value is -2.24. The van der Waals surface area contributed by atoms with Crippen LogP contribution in [0.5, 0.6) is 5.88 Å². The minimum Gasteiger partial charge on any atom is -0.481 e. The van der Waals surface area contributed by atoms with Crippen molar-refractivity contribution in [1.82, 2.24) is 4.98 Å². The molecule has 0 aliphatic carbocycles. The summed E-state index contributed by atoms with van der Waals surface area (Å²) in [4.78, 5) is 3.90. The molecule has 6 heteroatoms. The fraction of sp³-hybridized carbons (Fsp3) is 0.154. The minimum absolute atomic E-state index is 0.00773. The van der Waals surface area contributed by atoms with Crippen molar-refractivity contribution in [3.63, 3.8) is 0 Å². The zero-order valence-corrected chi connectivity index (χ0v) is 10.0. The number of aromatic nitrogens is 1. The van der Waals surface area contributed by atoms with Crippen LogP contribution >= 0.6 is 0 Å². The summed E-state index contributed by atoms with van der Waals surface area (Å²) in [5, 5.41) is 0. The van der Waals surface area contributed by atoms with Crippen LogP contribution < -0.4 is 10.5 Å². The van der Waals surface area contributed by atoms with Gasteiger partial charge in [-0.05, 0) is 29.8 Å². The molecular formula is C13H11F3N2O. The normalized spacial score (nSPS) is 11.4. The second-order valence-electron chi connectivity index (χ2n) is 3.86. The number of nitrogen functional groups attached to an aromatic ring is 1. The number of ether oxygens (including phenoxy) is 1. The molecule has 2 N–H and O–H groups in total. The van der Waals surface area contributed by atoms with Gasteiger partial charge in [0.05, 0.1) is 12.7 Å². The lowest BCUT2D eigenvalue weighted by Crippen LogP contribution is -2.08. The minimum atomic E-state index is -4.49. The standard InChI is InChI=1S/C13H11F3N2O/c1-19-12-10(3-2-6-18-12)9-5-4-8(17)7-11(9)13(14,15)16/h2-7H,17H2,1H3. The van der Waals surface area contributed by atoms with Gasteiger partial charge in [-0.25, -0.2) is 4.98 Å². The Morgan fingerprint density at radius 3 is 2.53 bits per heavy atom. The van der Waals surface area contributed by atoms with Gasteiger partial charge in [-0.15, -0.1) is 0 Å². The van der Waals surface area contributed by atoms with E-state index in [4.69, 9.17) is 10.5 Å². The molecule has 0 saturated heterocycles. The van der Waals surface area contributed by atoms with Gasteiger partial charge in [-0.2, -0.15) is 13.2 Å². The van der Waals surface area contributed by atoms with E-state index in [9.17, 15) is 13.2 Å². The highest BCUT2D eigenvalue weighted by Crippen LogP contribution is 2.40. The molecule has 0 bridgehead atoms. The fourth-order valence-corrected chi connectivity index (χ4v) is 1.79. The summed E-state index contributed by atoms with van der Waals surface area (Å²) in [7, 11) is 1.36. The molecule has 100 valence electrons.